The van der Waals surface area contributed by atoms with Crippen molar-refractivity contribution in [2.24, 2.45) is 0 Å². The lowest BCUT2D eigenvalue weighted by Crippen LogP contribution is -2.30. The van der Waals surface area contributed by atoms with Crippen molar-refractivity contribution in [2.75, 3.05) is 12.3 Å². The molecule has 0 atom stereocenters. The van der Waals surface area contributed by atoms with Gasteiger partial charge in [0.2, 0.25) is 0 Å². The smallest absolute Gasteiger partial charge is 0.0991 e. The van der Waals surface area contributed by atoms with Crippen molar-refractivity contribution >= 4 is 5.69 Å². The summed E-state index contributed by atoms with van der Waals surface area (Å²) in [6.07, 6.45) is 1.000. The maximum Gasteiger partial charge on any atom is 0.0991 e. The number of anilines is 1. The first-order chi connectivity index (χ1) is 9.76. The molecular weight excluding hydrogens is 246 g/mol. The second-order valence-electron chi connectivity index (χ2n) is 5.26. The molecule has 0 fully saturated rings. The zero-order valence-corrected chi connectivity index (χ0v) is 11.3. The molecule has 1 aliphatic rings. The van der Waals surface area contributed by atoms with E-state index < -0.39 is 0 Å². The highest BCUT2D eigenvalue weighted by Gasteiger charge is 2.17. The fraction of sp³-hybridized carbons (Fsp3) is 0.235. The van der Waals surface area contributed by atoms with E-state index in [4.69, 9.17) is 11.0 Å². The second-order valence-corrected chi connectivity index (χ2v) is 5.26. The summed E-state index contributed by atoms with van der Waals surface area (Å²) in [6, 6.07) is 16.2. The van der Waals surface area contributed by atoms with Gasteiger partial charge in [-0.2, -0.15) is 5.26 Å². The molecule has 3 heteroatoms. The Bertz CT molecular complexity index is 670. The van der Waals surface area contributed by atoms with Crippen molar-refractivity contribution in [3.8, 4) is 6.07 Å². The number of nitrogen functional groups attached to an aromatic ring is 1. The predicted molar refractivity (Wildman–Crippen MR) is 79.8 cm³/mol. The molecule has 0 unspecified atom stereocenters. The number of nitrogens with two attached hydrogens (primary N) is 1. The van der Waals surface area contributed by atoms with Crippen molar-refractivity contribution in [3.63, 3.8) is 0 Å². The van der Waals surface area contributed by atoms with Crippen molar-refractivity contribution in [1.82, 2.24) is 4.90 Å². The van der Waals surface area contributed by atoms with Crippen molar-refractivity contribution in [3.05, 3.63) is 64.7 Å². The monoisotopic (exact) mass is 263 g/mol. The van der Waals surface area contributed by atoms with E-state index in [1.807, 2.05) is 30.3 Å². The standard InChI is InChI=1S/C17H17N3/c18-10-13-3-1-4-14(9-13)11-20-8-7-16-15(12-20)5-2-6-17(16)19/h1-6,9H,7-8,11-12,19H2. The fourth-order valence-electron chi connectivity index (χ4n) is 2.83. The molecule has 2 N–H and O–H groups in total. The van der Waals surface area contributed by atoms with Crippen LogP contribution in [-0.2, 0) is 19.5 Å². The highest BCUT2D eigenvalue weighted by atomic mass is 15.1. The lowest BCUT2D eigenvalue weighted by molar-refractivity contribution is 0.246. The van der Waals surface area contributed by atoms with Gasteiger partial charge < -0.3 is 5.73 Å². The predicted octanol–water partition coefficient (Wildman–Crippen LogP) is 2.70. The van der Waals surface area contributed by atoms with Gasteiger partial charge in [-0.25, -0.2) is 0 Å². The highest BCUT2D eigenvalue weighted by molar-refractivity contribution is 5.51. The van der Waals surface area contributed by atoms with Gasteiger partial charge in [-0.1, -0.05) is 24.3 Å². The Morgan fingerprint density at radius 3 is 2.90 bits per heavy atom. The summed E-state index contributed by atoms with van der Waals surface area (Å²) in [7, 11) is 0. The van der Waals surface area contributed by atoms with Crippen LogP contribution in [0.1, 0.15) is 22.3 Å². The van der Waals surface area contributed by atoms with Crippen LogP contribution >= 0.6 is 0 Å². The normalized spacial score (nSPS) is 14.6. The number of rotatable bonds is 2. The van der Waals surface area contributed by atoms with Gasteiger partial charge in [0.1, 0.15) is 0 Å². The summed E-state index contributed by atoms with van der Waals surface area (Å²) in [5, 5.41) is 8.95. The van der Waals surface area contributed by atoms with E-state index in [2.05, 4.69) is 23.1 Å². The Balaban J connectivity index is 1.76. The minimum Gasteiger partial charge on any atom is -0.398 e. The van der Waals surface area contributed by atoms with E-state index in [0.29, 0.717) is 0 Å². The molecule has 2 aromatic rings. The van der Waals surface area contributed by atoms with Gasteiger partial charge in [0.25, 0.3) is 0 Å². The summed E-state index contributed by atoms with van der Waals surface area (Å²) >= 11 is 0. The lowest BCUT2D eigenvalue weighted by atomic mass is 9.97. The zero-order chi connectivity index (χ0) is 13.9. The topological polar surface area (TPSA) is 53.0 Å². The number of benzene rings is 2. The molecular formula is C17H17N3. The SMILES string of the molecule is N#Cc1cccc(CN2CCc3c(N)cccc3C2)c1. The molecule has 1 heterocycles. The van der Waals surface area contributed by atoms with E-state index in [0.717, 1.165) is 37.3 Å². The van der Waals surface area contributed by atoms with Crippen LogP contribution in [0.15, 0.2) is 42.5 Å². The Morgan fingerprint density at radius 1 is 1.20 bits per heavy atom. The van der Waals surface area contributed by atoms with Gasteiger partial charge in [-0.05, 0) is 41.3 Å². The number of hydrogen-bond acceptors (Lipinski definition) is 3. The van der Waals surface area contributed by atoms with Crippen LogP contribution in [0.3, 0.4) is 0 Å². The number of fused-ring (bicyclic) bond motifs is 1. The molecule has 0 spiro atoms. The highest BCUT2D eigenvalue weighted by Crippen LogP contribution is 2.25. The Morgan fingerprint density at radius 2 is 2.05 bits per heavy atom. The fourth-order valence-corrected chi connectivity index (χ4v) is 2.83. The molecule has 20 heavy (non-hydrogen) atoms. The molecule has 0 saturated heterocycles. The number of nitrogens with zero attached hydrogens (tertiary/aromatic N) is 2. The van der Waals surface area contributed by atoms with Gasteiger partial charge in [0.05, 0.1) is 11.6 Å². The molecule has 2 aromatic carbocycles. The van der Waals surface area contributed by atoms with E-state index >= 15 is 0 Å². The van der Waals surface area contributed by atoms with Crippen LogP contribution in [0.5, 0.6) is 0 Å². The first-order valence-corrected chi connectivity index (χ1v) is 6.84. The van der Waals surface area contributed by atoms with E-state index in [1.54, 1.807) is 0 Å². The van der Waals surface area contributed by atoms with E-state index in [-0.39, 0.29) is 0 Å². The lowest BCUT2D eigenvalue weighted by Gasteiger charge is -2.29. The maximum atomic E-state index is 8.95. The Labute approximate surface area is 119 Å². The van der Waals surface area contributed by atoms with Gasteiger partial charge in [0.15, 0.2) is 0 Å². The first-order valence-electron chi connectivity index (χ1n) is 6.84. The van der Waals surface area contributed by atoms with Crippen LogP contribution in [0, 0.1) is 11.3 Å². The summed E-state index contributed by atoms with van der Waals surface area (Å²) in [5.74, 6) is 0. The van der Waals surface area contributed by atoms with Crippen molar-refractivity contribution < 1.29 is 0 Å². The van der Waals surface area contributed by atoms with Crippen molar-refractivity contribution in [2.45, 2.75) is 19.5 Å². The largest absolute Gasteiger partial charge is 0.398 e. The molecule has 0 aliphatic carbocycles. The maximum absolute atomic E-state index is 8.95. The molecule has 100 valence electrons. The molecule has 0 bridgehead atoms. The summed E-state index contributed by atoms with van der Waals surface area (Å²) in [6.45, 7) is 2.82. The molecule has 3 rings (SSSR count). The summed E-state index contributed by atoms with van der Waals surface area (Å²) in [4.78, 5) is 2.40. The quantitative estimate of drug-likeness (QED) is 0.848. The third kappa shape index (κ3) is 2.52. The summed E-state index contributed by atoms with van der Waals surface area (Å²) in [5.41, 5.74) is 11.5. The van der Waals surface area contributed by atoms with Crippen LogP contribution < -0.4 is 5.73 Å². The molecule has 1 aliphatic heterocycles. The van der Waals surface area contributed by atoms with Crippen molar-refractivity contribution in [1.29, 1.82) is 5.26 Å². The van der Waals surface area contributed by atoms with E-state index in [1.165, 1.54) is 16.7 Å². The van der Waals surface area contributed by atoms with Crippen LogP contribution in [0.25, 0.3) is 0 Å². The molecule has 0 saturated carbocycles. The Hall–Kier alpha value is -2.31. The van der Waals surface area contributed by atoms with Gasteiger partial charge in [-0.3, -0.25) is 4.90 Å². The number of hydrogen-bond donors (Lipinski definition) is 1. The molecule has 0 aromatic heterocycles. The minimum atomic E-state index is 0.726. The average Bonchev–Trinajstić information content (AvgIpc) is 2.47. The average molecular weight is 263 g/mol. The van der Waals surface area contributed by atoms with Crippen LogP contribution in [-0.4, -0.2) is 11.4 Å². The number of nitriles is 1. The van der Waals surface area contributed by atoms with Gasteiger partial charge in [0, 0.05) is 25.3 Å². The first kappa shape index (κ1) is 12.7. The van der Waals surface area contributed by atoms with Crippen LogP contribution in [0.4, 0.5) is 5.69 Å². The molecule has 0 amide bonds. The second kappa shape index (κ2) is 5.36. The van der Waals surface area contributed by atoms with Gasteiger partial charge in [-0.15, -0.1) is 0 Å². The third-order valence-corrected chi connectivity index (χ3v) is 3.84. The van der Waals surface area contributed by atoms with Crippen LogP contribution in [0.2, 0.25) is 0 Å². The Kier molecular flexibility index (Phi) is 3.41. The third-order valence-electron chi connectivity index (χ3n) is 3.84. The molecule has 0 radical (unpaired) electrons. The summed E-state index contributed by atoms with van der Waals surface area (Å²) < 4.78 is 0. The van der Waals surface area contributed by atoms with Gasteiger partial charge >= 0.3 is 0 Å². The van der Waals surface area contributed by atoms with E-state index in [9.17, 15) is 0 Å². The zero-order valence-electron chi connectivity index (χ0n) is 11.3. The minimum absolute atomic E-state index is 0.726. The molecule has 3 nitrogen and oxygen atoms in total.